The highest BCUT2D eigenvalue weighted by Gasteiger charge is 2.04. The smallest absolute Gasteiger partial charge is 0.167 e. The number of thiol groups is 1. The molecule has 0 saturated carbocycles. The summed E-state index contributed by atoms with van der Waals surface area (Å²) in [5.41, 5.74) is 0.587. The molecular formula is C11H15FO2S. The van der Waals surface area contributed by atoms with Gasteiger partial charge in [0.1, 0.15) is 6.61 Å². The second kappa shape index (κ2) is 6.69. The van der Waals surface area contributed by atoms with Gasteiger partial charge in [0.2, 0.25) is 0 Å². The molecule has 1 rings (SSSR count). The molecule has 0 bridgehead atoms. The fourth-order valence-electron chi connectivity index (χ4n) is 1.11. The molecule has 15 heavy (non-hydrogen) atoms. The maximum atomic E-state index is 13.4. The molecule has 0 heterocycles. The number of benzene rings is 1. The van der Waals surface area contributed by atoms with Crippen LogP contribution in [0.15, 0.2) is 18.2 Å². The Balaban J connectivity index is 2.34. The lowest BCUT2D eigenvalue weighted by molar-refractivity contribution is 0.110. The van der Waals surface area contributed by atoms with Gasteiger partial charge < -0.3 is 9.47 Å². The quantitative estimate of drug-likeness (QED) is 0.598. The van der Waals surface area contributed by atoms with Gasteiger partial charge in [-0.2, -0.15) is 12.6 Å². The number of hydrogen-bond donors (Lipinski definition) is 1. The van der Waals surface area contributed by atoms with Gasteiger partial charge in [0.25, 0.3) is 0 Å². The summed E-state index contributed by atoms with van der Waals surface area (Å²) < 4.78 is 23.8. The van der Waals surface area contributed by atoms with Gasteiger partial charge in [-0.25, -0.2) is 4.39 Å². The second-order valence-electron chi connectivity index (χ2n) is 3.07. The molecule has 84 valence electrons. The standard InChI is InChI=1S/C11H15FO2S/c1-9-3-2-4-10(11(9)12)14-6-5-13-7-8-15/h2-4,15H,5-8H2,1H3. The van der Waals surface area contributed by atoms with E-state index in [1.807, 2.05) is 0 Å². The minimum atomic E-state index is -0.299. The van der Waals surface area contributed by atoms with Crippen LogP contribution < -0.4 is 4.74 Å². The van der Waals surface area contributed by atoms with Crippen molar-refractivity contribution in [1.82, 2.24) is 0 Å². The van der Waals surface area contributed by atoms with Crippen molar-refractivity contribution in [1.29, 1.82) is 0 Å². The van der Waals surface area contributed by atoms with Crippen LogP contribution in [0.1, 0.15) is 5.56 Å². The molecule has 0 fully saturated rings. The Morgan fingerprint density at radius 2 is 2.07 bits per heavy atom. The molecule has 1 aromatic rings. The Bertz CT molecular complexity index is 305. The van der Waals surface area contributed by atoms with E-state index in [1.165, 1.54) is 0 Å². The molecular weight excluding hydrogens is 215 g/mol. The summed E-state index contributed by atoms with van der Waals surface area (Å²) in [6.45, 7) is 3.10. The third-order valence-electron chi connectivity index (χ3n) is 1.88. The van der Waals surface area contributed by atoms with Crippen LogP contribution >= 0.6 is 12.6 Å². The molecule has 1 aromatic carbocycles. The number of halogens is 1. The summed E-state index contributed by atoms with van der Waals surface area (Å²) in [7, 11) is 0. The minimum Gasteiger partial charge on any atom is -0.488 e. The first-order chi connectivity index (χ1) is 7.25. The van der Waals surface area contributed by atoms with Crippen molar-refractivity contribution >= 4 is 12.6 Å². The number of rotatable bonds is 6. The first-order valence-electron chi connectivity index (χ1n) is 4.82. The maximum absolute atomic E-state index is 13.4. The first kappa shape index (κ1) is 12.3. The van der Waals surface area contributed by atoms with Gasteiger partial charge in [-0.05, 0) is 18.6 Å². The van der Waals surface area contributed by atoms with Gasteiger partial charge in [-0.15, -0.1) is 0 Å². The van der Waals surface area contributed by atoms with Crippen molar-refractivity contribution in [3.05, 3.63) is 29.6 Å². The van der Waals surface area contributed by atoms with E-state index in [0.29, 0.717) is 31.1 Å². The zero-order valence-corrected chi connectivity index (χ0v) is 9.60. The van der Waals surface area contributed by atoms with Crippen molar-refractivity contribution < 1.29 is 13.9 Å². The van der Waals surface area contributed by atoms with Crippen LogP contribution in [0, 0.1) is 12.7 Å². The highest BCUT2D eigenvalue weighted by Crippen LogP contribution is 2.19. The van der Waals surface area contributed by atoms with Crippen LogP contribution in [0.3, 0.4) is 0 Å². The molecule has 0 aliphatic heterocycles. The van der Waals surface area contributed by atoms with Crippen molar-refractivity contribution in [2.24, 2.45) is 0 Å². The fourth-order valence-corrected chi connectivity index (χ4v) is 1.24. The molecule has 0 atom stereocenters. The molecule has 4 heteroatoms. The van der Waals surface area contributed by atoms with Crippen LogP contribution in [0.25, 0.3) is 0 Å². The summed E-state index contributed by atoms with van der Waals surface area (Å²) in [5.74, 6) is 0.662. The van der Waals surface area contributed by atoms with Crippen LogP contribution in [0.5, 0.6) is 5.75 Å². The lowest BCUT2D eigenvalue weighted by Crippen LogP contribution is -2.09. The predicted octanol–water partition coefficient (Wildman–Crippen LogP) is 2.46. The average molecular weight is 230 g/mol. The van der Waals surface area contributed by atoms with Crippen molar-refractivity contribution in [3.8, 4) is 5.75 Å². The van der Waals surface area contributed by atoms with Crippen LogP contribution in [0.4, 0.5) is 4.39 Å². The minimum absolute atomic E-state index is 0.282. The number of hydrogen-bond acceptors (Lipinski definition) is 3. The van der Waals surface area contributed by atoms with Gasteiger partial charge in [0, 0.05) is 5.75 Å². The molecule has 0 aliphatic rings. The fraction of sp³-hybridized carbons (Fsp3) is 0.455. The molecule has 0 saturated heterocycles. The third kappa shape index (κ3) is 4.10. The van der Waals surface area contributed by atoms with E-state index in [-0.39, 0.29) is 11.6 Å². The normalized spacial score (nSPS) is 10.3. The molecule has 0 unspecified atom stereocenters. The zero-order chi connectivity index (χ0) is 11.1. The van der Waals surface area contributed by atoms with Gasteiger partial charge in [-0.3, -0.25) is 0 Å². The molecule has 2 nitrogen and oxygen atoms in total. The predicted molar refractivity (Wildman–Crippen MR) is 61.3 cm³/mol. The SMILES string of the molecule is Cc1cccc(OCCOCCS)c1F. The highest BCUT2D eigenvalue weighted by molar-refractivity contribution is 7.80. The van der Waals surface area contributed by atoms with E-state index in [4.69, 9.17) is 9.47 Å². The molecule has 0 aromatic heterocycles. The van der Waals surface area contributed by atoms with E-state index in [0.717, 1.165) is 0 Å². The summed E-state index contributed by atoms with van der Waals surface area (Å²) in [6.07, 6.45) is 0. The number of ether oxygens (including phenoxy) is 2. The lowest BCUT2D eigenvalue weighted by atomic mass is 10.2. The van der Waals surface area contributed by atoms with Crippen LogP contribution in [-0.2, 0) is 4.74 Å². The molecule has 0 aliphatic carbocycles. The topological polar surface area (TPSA) is 18.5 Å². The highest BCUT2D eigenvalue weighted by atomic mass is 32.1. The van der Waals surface area contributed by atoms with E-state index >= 15 is 0 Å². The van der Waals surface area contributed by atoms with E-state index in [9.17, 15) is 4.39 Å². The van der Waals surface area contributed by atoms with Crippen LogP contribution in [-0.4, -0.2) is 25.6 Å². The Kier molecular flexibility index (Phi) is 5.50. The molecule has 0 radical (unpaired) electrons. The summed E-state index contributed by atoms with van der Waals surface area (Å²) in [4.78, 5) is 0. The van der Waals surface area contributed by atoms with Gasteiger partial charge in [0.15, 0.2) is 11.6 Å². The Morgan fingerprint density at radius 1 is 1.27 bits per heavy atom. The zero-order valence-electron chi connectivity index (χ0n) is 8.70. The monoisotopic (exact) mass is 230 g/mol. The van der Waals surface area contributed by atoms with Crippen LogP contribution in [0.2, 0.25) is 0 Å². The van der Waals surface area contributed by atoms with Crippen molar-refractivity contribution in [2.45, 2.75) is 6.92 Å². The Morgan fingerprint density at radius 3 is 2.80 bits per heavy atom. The summed E-state index contributed by atoms with van der Waals surface area (Å²) in [6, 6.07) is 5.09. The Hall–Kier alpha value is -0.740. The lowest BCUT2D eigenvalue weighted by Gasteiger charge is -2.08. The maximum Gasteiger partial charge on any atom is 0.167 e. The number of aryl methyl sites for hydroxylation is 1. The van der Waals surface area contributed by atoms with E-state index in [2.05, 4.69) is 12.6 Å². The molecule has 0 spiro atoms. The van der Waals surface area contributed by atoms with E-state index in [1.54, 1.807) is 25.1 Å². The van der Waals surface area contributed by atoms with Crippen molar-refractivity contribution in [2.75, 3.05) is 25.6 Å². The van der Waals surface area contributed by atoms with Gasteiger partial charge in [-0.1, -0.05) is 12.1 Å². The largest absolute Gasteiger partial charge is 0.488 e. The molecule has 0 amide bonds. The van der Waals surface area contributed by atoms with Gasteiger partial charge in [0.05, 0.1) is 13.2 Å². The van der Waals surface area contributed by atoms with Gasteiger partial charge >= 0.3 is 0 Å². The summed E-state index contributed by atoms with van der Waals surface area (Å²) in [5, 5.41) is 0. The molecule has 0 N–H and O–H groups in total. The summed E-state index contributed by atoms with van der Waals surface area (Å²) >= 11 is 4.00. The van der Waals surface area contributed by atoms with E-state index < -0.39 is 0 Å². The van der Waals surface area contributed by atoms with Crippen molar-refractivity contribution in [3.63, 3.8) is 0 Å². The Labute approximate surface area is 94.8 Å². The third-order valence-corrected chi connectivity index (χ3v) is 2.06. The first-order valence-corrected chi connectivity index (χ1v) is 5.45. The average Bonchev–Trinajstić information content (AvgIpc) is 2.24. The second-order valence-corrected chi connectivity index (χ2v) is 3.52.